The lowest BCUT2D eigenvalue weighted by molar-refractivity contribution is 0.0670. The minimum atomic E-state index is -3.15. The summed E-state index contributed by atoms with van der Waals surface area (Å²) in [5.74, 6) is 0.251. The lowest BCUT2D eigenvalue weighted by Gasteiger charge is -2.28. The van der Waals surface area contributed by atoms with E-state index in [1.807, 2.05) is 42.5 Å². The average molecular weight is 453 g/mol. The third-order valence-electron chi connectivity index (χ3n) is 5.87. The molecule has 0 N–H and O–H groups in total. The Kier molecular flexibility index (Phi) is 5.95. The molecule has 1 saturated heterocycles. The number of carbonyl (C=O) groups excluding carboxylic acids is 1. The van der Waals surface area contributed by atoms with Gasteiger partial charge < -0.3 is 9.42 Å². The number of hydrogen-bond acceptors (Lipinski definition) is 5. The van der Waals surface area contributed by atoms with E-state index in [2.05, 4.69) is 38.1 Å². The van der Waals surface area contributed by atoms with Crippen LogP contribution in [0.5, 0.6) is 0 Å². The Morgan fingerprint density at radius 1 is 1.09 bits per heavy atom. The zero-order chi connectivity index (χ0) is 22.9. The van der Waals surface area contributed by atoms with Gasteiger partial charge in [-0.3, -0.25) is 4.79 Å². The molecular weight excluding hydrogens is 424 g/mol. The van der Waals surface area contributed by atoms with Crippen LogP contribution in [-0.2, 0) is 21.8 Å². The first kappa shape index (κ1) is 22.3. The topological polar surface area (TPSA) is 80.5 Å². The van der Waals surface area contributed by atoms with Crippen LogP contribution in [0, 0.1) is 0 Å². The Hall–Kier alpha value is -2.93. The molecule has 0 bridgehead atoms. The van der Waals surface area contributed by atoms with Crippen LogP contribution >= 0.6 is 0 Å². The van der Waals surface area contributed by atoms with E-state index in [4.69, 9.17) is 4.52 Å². The molecule has 32 heavy (non-hydrogen) atoms. The number of hydrogen-bond donors (Lipinski definition) is 0. The van der Waals surface area contributed by atoms with Crippen LogP contribution in [0.1, 0.15) is 48.8 Å². The van der Waals surface area contributed by atoms with Gasteiger partial charge in [0.25, 0.3) is 5.91 Å². The second-order valence-corrected chi connectivity index (χ2v) is 11.6. The summed E-state index contributed by atoms with van der Waals surface area (Å²) < 4.78 is 29.7. The summed E-state index contributed by atoms with van der Waals surface area (Å²) in [6.45, 7) is 6.76. The molecule has 168 valence electrons. The molecule has 2 heterocycles. The van der Waals surface area contributed by atoms with Crippen LogP contribution in [0.15, 0.2) is 65.2 Å². The van der Waals surface area contributed by atoms with Gasteiger partial charge in [-0.05, 0) is 23.0 Å². The molecular formula is C25H28N2O4S. The molecule has 0 saturated carbocycles. The van der Waals surface area contributed by atoms with Crippen molar-refractivity contribution in [1.82, 2.24) is 10.1 Å². The molecule has 1 aliphatic rings. The van der Waals surface area contributed by atoms with E-state index in [0.717, 1.165) is 11.1 Å². The molecule has 1 fully saturated rings. The molecule has 7 heteroatoms. The van der Waals surface area contributed by atoms with E-state index in [0.29, 0.717) is 18.7 Å². The highest BCUT2D eigenvalue weighted by atomic mass is 32.2. The number of nitrogens with zero attached hydrogens (tertiary/aromatic N) is 2. The largest absolute Gasteiger partial charge is 0.355 e. The number of rotatable bonds is 5. The molecule has 0 spiro atoms. The first-order chi connectivity index (χ1) is 15.1. The smallest absolute Gasteiger partial charge is 0.276 e. The fraction of sp³-hybridized carbons (Fsp3) is 0.360. The van der Waals surface area contributed by atoms with E-state index in [1.54, 1.807) is 11.0 Å². The molecule has 6 nitrogen and oxygen atoms in total. The van der Waals surface area contributed by atoms with Gasteiger partial charge in [-0.1, -0.05) is 80.5 Å². The molecule has 1 aromatic heterocycles. The second kappa shape index (κ2) is 8.54. The minimum absolute atomic E-state index is 0.0256. The molecule has 1 amide bonds. The minimum Gasteiger partial charge on any atom is -0.355 e. The highest BCUT2D eigenvalue weighted by Gasteiger charge is 2.36. The summed E-state index contributed by atoms with van der Waals surface area (Å²) >= 11 is 0. The monoisotopic (exact) mass is 452 g/mol. The summed E-state index contributed by atoms with van der Waals surface area (Å²) in [5.41, 5.74) is 3.18. The fourth-order valence-electron chi connectivity index (χ4n) is 3.96. The number of aromatic nitrogens is 1. The second-order valence-electron chi connectivity index (χ2n) is 9.38. The third-order valence-corrected chi connectivity index (χ3v) is 7.62. The zero-order valence-electron chi connectivity index (χ0n) is 18.6. The molecule has 1 atom stereocenters. The molecule has 0 radical (unpaired) electrons. The lowest BCUT2D eigenvalue weighted by Crippen LogP contribution is -2.40. The van der Waals surface area contributed by atoms with E-state index < -0.39 is 9.84 Å². The van der Waals surface area contributed by atoms with Crippen molar-refractivity contribution in [1.29, 1.82) is 0 Å². The van der Waals surface area contributed by atoms with Gasteiger partial charge in [0.1, 0.15) is 0 Å². The third kappa shape index (κ3) is 4.93. The van der Waals surface area contributed by atoms with Crippen molar-refractivity contribution in [2.45, 2.75) is 45.2 Å². The van der Waals surface area contributed by atoms with Crippen LogP contribution in [0.25, 0.3) is 11.3 Å². The summed E-state index contributed by atoms with van der Waals surface area (Å²) in [4.78, 5) is 15.1. The maximum atomic E-state index is 13.4. The SMILES string of the molecule is CC(C)(C)c1ccc(CN(C(=O)c2cc(-c3ccccc3)on2)[C@@H]2CCS(=O)(=O)C2)cc1. The van der Waals surface area contributed by atoms with Crippen molar-refractivity contribution in [3.63, 3.8) is 0 Å². The molecule has 0 aliphatic carbocycles. The van der Waals surface area contributed by atoms with Gasteiger partial charge in [0.15, 0.2) is 21.3 Å². The summed E-state index contributed by atoms with van der Waals surface area (Å²) in [6, 6.07) is 18.8. The van der Waals surface area contributed by atoms with Gasteiger partial charge in [0.2, 0.25) is 0 Å². The highest BCUT2D eigenvalue weighted by Crippen LogP contribution is 2.26. The Morgan fingerprint density at radius 3 is 2.38 bits per heavy atom. The number of sulfone groups is 1. The lowest BCUT2D eigenvalue weighted by atomic mass is 9.86. The van der Waals surface area contributed by atoms with E-state index in [-0.39, 0.29) is 34.6 Å². The molecule has 2 aromatic carbocycles. The first-order valence-electron chi connectivity index (χ1n) is 10.8. The van der Waals surface area contributed by atoms with Gasteiger partial charge in [0.05, 0.1) is 11.5 Å². The van der Waals surface area contributed by atoms with E-state index >= 15 is 0 Å². The fourth-order valence-corrected chi connectivity index (χ4v) is 5.69. The van der Waals surface area contributed by atoms with Crippen molar-refractivity contribution in [3.8, 4) is 11.3 Å². The number of carbonyl (C=O) groups is 1. The Morgan fingerprint density at radius 2 is 1.78 bits per heavy atom. The summed E-state index contributed by atoms with van der Waals surface area (Å²) in [7, 11) is -3.15. The highest BCUT2D eigenvalue weighted by molar-refractivity contribution is 7.91. The van der Waals surface area contributed by atoms with Gasteiger partial charge in [-0.25, -0.2) is 8.42 Å². The Labute approximate surface area is 189 Å². The van der Waals surface area contributed by atoms with Crippen LogP contribution < -0.4 is 0 Å². The van der Waals surface area contributed by atoms with Crippen molar-refractivity contribution in [3.05, 3.63) is 77.5 Å². The quantitative estimate of drug-likeness (QED) is 0.571. The standard InChI is InChI=1S/C25H28N2O4S/c1-25(2,3)20-11-9-18(10-12-20)16-27(21-13-14-32(29,30)17-21)24(28)22-15-23(31-26-22)19-7-5-4-6-8-19/h4-12,15,21H,13-14,16-17H2,1-3H3/t21-/m1/s1. The number of amides is 1. The maximum Gasteiger partial charge on any atom is 0.276 e. The molecule has 0 unspecified atom stereocenters. The average Bonchev–Trinajstić information content (AvgIpc) is 3.38. The van der Waals surface area contributed by atoms with Crippen LogP contribution in [0.4, 0.5) is 0 Å². The van der Waals surface area contributed by atoms with Gasteiger partial charge in [-0.2, -0.15) is 0 Å². The maximum absolute atomic E-state index is 13.4. The Bertz CT molecular complexity index is 1190. The van der Waals surface area contributed by atoms with Gasteiger partial charge >= 0.3 is 0 Å². The van der Waals surface area contributed by atoms with Gasteiger partial charge in [0, 0.05) is 24.2 Å². The van der Waals surface area contributed by atoms with E-state index in [1.165, 1.54) is 5.56 Å². The zero-order valence-corrected chi connectivity index (χ0v) is 19.4. The van der Waals surface area contributed by atoms with Gasteiger partial charge in [-0.15, -0.1) is 0 Å². The summed E-state index contributed by atoms with van der Waals surface area (Å²) in [6.07, 6.45) is 0.428. The van der Waals surface area contributed by atoms with Crippen molar-refractivity contribution in [2.24, 2.45) is 0 Å². The van der Waals surface area contributed by atoms with Crippen molar-refractivity contribution < 1.29 is 17.7 Å². The molecule has 3 aromatic rings. The predicted molar refractivity (Wildman–Crippen MR) is 124 cm³/mol. The van der Waals surface area contributed by atoms with Crippen molar-refractivity contribution in [2.75, 3.05) is 11.5 Å². The van der Waals surface area contributed by atoms with E-state index in [9.17, 15) is 13.2 Å². The van der Waals surface area contributed by atoms with Crippen molar-refractivity contribution >= 4 is 15.7 Å². The Balaban J connectivity index is 1.61. The van der Waals surface area contributed by atoms with Crippen LogP contribution in [-0.4, -0.2) is 41.9 Å². The number of benzene rings is 2. The normalized spacial score (nSPS) is 17.9. The van der Waals surface area contributed by atoms with Crippen LogP contribution in [0.2, 0.25) is 0 Å². The molecule has 1 aliphatic heterocycles. The predicted octanol–water partition coefficient (Wildman–Crippen LogP) is 4.47. The first-order valence-corrected chi connectivity index (χ1v) is 12.6. The van der Waals surface area contributed by atoms with Crippen LogP contribution in [0.3, 0.4) is 0 Å². The summed E-state index contributed by atoms with van der Waals surface area (Å²) in [5, 5.41) is 3.99. The molecule has 4 rings (SSSR count).